The molecular formula is C15H25F3N2O. The maximum absolute atomic E-state index is 12.2. The van der Waals surface area contributed by atoms with Crippen molar-refractivity contribution >= 4 is 0 Å². The molecule has 1 unspecified atom stereocenters. The van der Waals surface area contributed by atoms with Gasteiger partial charge in [-0.25, -0.2) is 0 Å². The van der Waals surface area contributed by atoms with Gasteiger partial charge in [0.15, 0.2) is 0 Å². The van der Waals surface area contributed by atoms with Gasteiger partial charge in [-0.05, 0) is 38.5 Å². The Morgan fingerprint density at radius 3 is 2.48 bits per heavy atom. The van der Waals surface area contributed by atoms with Gasteiger partial charge in [-0.3, -0.25) is 9.64 Å². The van der Waals surface area contributed by atoms with Crippen LogP contribution in [-0.2, 0) is 4.74 Å². The van der Waals surface area contributed by atoms with Gasteiger partial charge >= 0.3 is 6.36 Å². The van der Waals surface area contributed by atoms with Crippen LogP contribution in [0.4, 0.5) is 13.2 Å². The van der Waals surface area contributed by atoms with E-state index in [0.29, 0.717) is 12.5 Å². The third kappa shape index (κ3) is 3.37. The second-order valence-corrected chi connectivity index (χ2v) is 7.19. The van der Waals surface area contributed by atoms with E-state index in [4.69, 9.17) is 0 Å². The number of ether oxygens (including phenoxy) is 1. The molecule has 1 heterocycles. The van der Waals surface area contributed by atoms with Crippen LogP contribution in [0.2, 0.25) is 0 Å². The van der Waals surface area contributed by atoms with Gasteiger partial charge < -0.3 is 5.32 Å². The van der Waals surface area contributed by atoms with Crippen molar-refractivity contribution in [3.8, 4) is 0 Å². The zero-order chi connectivity index (χ0) is 15.1. The van der Waals surface area contributed by atoms with Crippen LogP contribution in [0.1, 0.15) is 45.4 Å². The maximum Gasteiger partial charge on any atom is 0.522 e. The molecule has 1 atom stereocenters. The van der Waals surface area contributed by atoms with Crippen LogP contribution in [-0.4, -0.2) is 48.6 Å². The largest absolute Gasteiger partial charge is 0.522 e. The Bertz CT molecular complexity index is 378. The van der Waals surface area contributed by atoms with Crippen molar-refractivity contribution in [3.05, 3.63) is 0 Å². The number of piperazine rings is 1. The molecule has 0 bridgehead atoms. The molecule has 0 radical (unpaired) electrons. The first-order valence-corrected chi connectivity index (χ1v) is 8.04. The number of alkyl halides is 3. The molecule has 1 saturated heterocycles. The van der Waals surface area contributed by atoms with Crippen molar-refractivity contribution in [2.75, 3.05) is 26.2 Å². The highest BCUT2D eigenvalue weighted by Gasteiger charge is 2.51. The minimum Gasteiger partial charge on any atom is -0.308 e. The third-order valence-corrected chi connectivity index (χ3v) is 5.65. The van der Waals surface area contributed by atoms with Crippen LogP contribution in [0.3, 0.4) is 0 Å². The van der Waals surface area contributed by atoms with Gasteiger partial charge in [-0.15, -0.1) is 13.2 Å². The first-order chi connectivity index (χ1) is 9.83. The summed E-state index contributed by atoms with van der Waals surface area (Å²) < 4.78 is 40.7. The topological polar surface area (TPSA) is 24.5 Å². The van der Waals surface area contributed by atoms with E-state index in [9.17, 15) is 13.2 Å². The molecule has 3 fully saturated rings. The predicted octanol–water partition coefficient (Wildman–Crippen LogP) is 2.91. The molecule has 2 saturated carbocycles. The van der Waals surface area contributed by atoms with Gasteiger partial charge in [0.2, 0.25) is 0 Å². The summed E-state index contributed by atoms with van der Waals surface area (Å²) in [7, 11) is 0. The summed E-state index contributed by atoms with van der Waals surface area (Å²) >= 11 is 0. The fourth-order valence-electron chi connectivity index (χ4n) is 4.21. The number of hydrogen-bond acceptors (Lipinski definition) is 3. The lowest BCUT2D eigenvalue weighted by Gasteiger charge is -2.53. The minimum atomic E-state index is -4.52. The molecule has 0 aromatic rings. The quantitative estimate of drug-likeness (QED) is 0.864. The SMILES string of the molecule is CC1(C2CC2)CN(CCOC(F)(F)F)C2(CCCC2)CN1. The lowest BCUT2D eigenvalue weighted by atomic mass is 9.84. The van der Waals surface area contributed by atoms with Crippen LogP contribution in [0.5, 0.6) is 0 Å². The first kappa shape index (κ1) is 15.6. The Kier molecular flexibility index (Phi) is 3.99. The van der Waals surface area contributed by atoms with Crippen LogP contribution in [0.25, 0.3) is 0 Å². The summed E-state index contributed by atoms with van der Waals surface area (Å²) in [5, 5.41) is 3.72. The number of nitrogens with one attached hydrogen (secondary N) is 1. The van der Waals surface area contributed by atoms with Crippen molar-refractivity contribution in [1.82, 2.24) is 10.2 Å². The molecule has 1 N–H and O–H groups in total. The second kappa shape index (κ2) is 5.39. The summed E-state index contributed by atoms with van der Waals surface area (Å²) in [6, 6.07) is 0. The normalized spacial score (nSPS) is 33.7. The van der Waals surface area contributed by atoms with Crippen LogP contribution >= 0.6 is 0 Å². The second-order valence-electron chi connectivity index (χ2n) is 7.19. The summed E-state index contributed by atoms with van der Waals surface area (Å²) in [5.74, 6) is 0.683. The zero-order valence-corrected chi connectivity index (χ0v) is 12.6. The van der Waals surface area contributed by atoms with Crippen LogP contribution in [0, 0.1) is 5.92 Å². The fourth-order valence-corrected chi connectivity index (χ4v) is 4.21. The average Bonchev–Trinajstić information content (AvgIpc) is 3.15. The predicted molar refractivity (Wildman–Crippen MR) is 73.9 cm³/mol. The molecule has 3 rings (SSSR count). The smallest absolute Gasteiger partial charge is 0.308 e. The van der Waals surface area contributed by atoms with Crippen molar-refractivity contribution < 1.29 is 17.9 Å². The highest BCUT2D eigenvalue weighted by atomic mass is 19.4. The number of halogens is 3. The molecule has 3 aliphatic rings. The Labute approximate surface area is 124 Å². The highest BCUT2D eigenvalue weighted by Crippen LogP contribution is 2.45. The molecule has 0 aromatic carbocycles. The molecule has 3 nitrogen and oxygen atoms in total. The zero-order valence-electron chi connectivity index (χ0n) is 12.6. The van der Waals surface area contributed by atoms with E-state index in [1.165, 1.54) is 25.7 Å². The molecular weight excluding hydrogens is 281 g/mol. The van der Waals surface area contributed by atoms with E-state index in [1.54, 1.807) is 0 Å². The van der Waals surface area contributed by atoms with E-state index < -0.39 is 6.36 Å². The Morgan fingerprint density at radius 2 is 1.90 bits per heavy atom. The van der Waals surface area contributed by atoms with E-state index >= 15 is 0 Å². The molecule has 0 aromatic heterocycles. The van der Waals surface area contributed by atoms with Crippen LogP contribution in [0.15, 0.2) is 0 Å². The van der Waals surface area contributed by atoms with Crippen molar-refractivity contribution in [3.63, 3.8) is 0 Å². The third-order valence-electron chi connectivity index (χ3n) is 5.65. The Hall–Kier alpha value is -0.330. The number of hydrogen-bond donors (Lipinski definition) is 1. The molecule has 0 amide bonds. The van der Waals surface area contributed by atoms with Gasteiger partial charge in [-0.1, -0.05) is 12.8 Å². The first-order valence-electron chi connectivity index (χ1n) is 8.04. The molecule has 1 spiro atoms. The lowest BCUT2D eigenvalue weighted by molar-refractivity contribution is -0.325. The molecule has 2 aliphatic carbocycles. The van der Waals surface area contributed by atoms with E-state index in [1.807, 2.05) is 0 Å². The van der Waals surface area contributed by atoms with E-state index in [0.717, 1.165) is 25.9 Å². The van der Waals surface area contributed by atoms with Gasteiger partial charge in [0, 0.05) is 30.7 Å². The average molecular weight is 306 g/mol. The standard InChI is InChI=1S/C15H25F3N2O/c1-13(12-4-5-12)11-20(8-9-21-15(16,17)18)14(10-19-13)6-2-3-7-14/h12,19H,2-11H2,1H3. The van der Waals surface area contributed by atoms with Gasteiger partial charge in [0.05, 0.1) is 6.61 Å². The molecule has 122 valence electrons. The number of rotatable bonds is 4. The minimum absolute atomic E-state index is 0.0589. The summed E-state index contributed by atoms with van der Waals surface area (Å²) in [5.41, 5.74) is 0.120. The monoisotopic (exact) mass is 306 g/mol. The molecule has 6 heteroatoms. The summed E-state index contributed by atoms with van der Waals surface area (Å²) in [6.45, 7) is 4.10. The van der Waals surface area contributed by atoms with Crippen molar-refractivity contribution in [2.45, 2.75) is 62.9 Å². The lowest BCUT2D eigenvalue weighted by Crippen LogP contribution is -2.69. The molecule has 21 heavy (non-hydrogen) atoms. The van der Waals surface area contributed by atoms with E-state index in [2.05, 4.69) is 21.9 Å². The Balaban J connectivity index is 1.65. The van der Waals surface area contributed by atoms with E-state index in [-0.39, 0.29) is 17.7 Å². The fraction of sp³-hybridized carbons (Fsp3) is 1.00. The number of nitrogens with zero attached hydrogens (tertiary/aromatic N) is 1. The van der Waals surface area contributed by atoms with Crippen LogP contribution < -0.4 is 5.32 Å². The van der Waals surface area contributed by atoms with Gasteiger partial charge in [0.1, 0.15) is 0 Å². The summed E-state index contributed by atoms with van der Waals surface area (Å²) in [4.78, 5) is 2.29. The maximum atomic E-state index is 12.2. The summed E-state index contributed by atoms with van der Waals surface area (Å²) in [6.07, 6.45) is 2.50. The molecule has 1 aliphatic heterocycles. The van der Waals surface area contributed by atoms with Gasteiger partial charge in [0.25, 0.3) is 0 Å². The van der Waals surface area contributed by atoms with Crippen molar-refractivity contribution in [1.29, 1.82) is 0 Å². The van der Waals surface area contributed by atoms with Crippen molar-refractivity contribution in [2.24, 2.45) is 5.92 Å². The van der Waals surface area contributed by atoms with Gasteiger partial charge in [-0.2, -0.15) is 0 Å². The highest BCUT2D eigenvalue weighted by molar-refractivity contribution is 5.10. The Morgan fingerprint density at radius 1 is 1.24 bits per heavy atom.